The summed E-state index contributed by atoms with van der Waals surface area (Å²) in [6.07, 6.45) is 8.00. The predicted molar refractivity (Wildman–Crippen MR) is 48.9 cm³/mol. The third kappa shape index (κ3) is 41.6. The predicted octanol–water partition coefficient (Wildman–Crippen LogP) is 3.49. The minimum Gasteiger partial charge on any atom is -0.358 e. The summed E-state index contributed by atoms with van der Waals surface area (Å²) >= 11 is 0. The number of hydrogen-bond acceptors (Lipinski definition) is 0. The second-order valence-corrected chi connectivity index (χ2v) is 1.05. The van der Waals surface area contributed by atoms with Crippen molar-refractivity contribution in [3.05, 3.63) is 46.6 Å². The van der Waals surface area contributed by atoms with Crippen molar-refractivity contribution < 1.29 is 21.7 Å². The van der Waals surface area contributed by atoms with Gasteiger partial charge in [0, 0.05) is 0 Å². The summed E-state index contributed by atoms with van der Waals surface area (Å²) < 4.78 is 0. The van der Waals surface area contributed by atoms with Crippen LogP contribution in [-0.2, 0) is 21.7 Å². The molecule has 0 aliphatic rings. The molecule has 0 aromatic rings. The van der Waals surface area contributed by atoms with Gasteiger partial charge in [-0.05, 0) is 13.8 Å². The van der Waals surface area contributed by atoms with Gasteiger partial charge in [0.05, 0.1) is 0 Å². The molecule has 0 fully saturated rings. The molecule has 0 heterocycles. The monoisotopic (exact) mass is 175 g/mol. The fourth-order valence-corrected chi connectivity index (χ4v) is 0.222. The van der Waals surface area contributed by atoms with Gasteiger partial charge >= 0.3 is 21.7 Å². The number of rotatable bonds is 1. The molecule has 0 nitrogen and oxygen atoms in total. The van der Waals surface area contributed by atoms with E-state index in [1.807, 2.05) is 38.2 Å². The molecule has 1 radical (unpaired) electrons. The molecule has 0 rings (SSSR count). The van der Waals surface area contributed by atoms with E-state index in [0.717, 1.165) is 0 Å². The number of hydrogen-bond donors (Lipinski definition) is 0. The fraction of sp³-hybridized carbons (Fsp3) is 0.222. The van der Waals surface area contributed by atoms with Crippen molar-refractivity contribution in [1.82, 2.24) is 0 Å². The average Bonchev–Trinajstić information content (AvgIpc) is 1.61. The van der Waals surface area contributed by atoms with Gasteiger partial charge in [-0.15, -0.1) is 0 Å². The quantitative estimate of drug-likeness (QED) is 0.325. The molecule has 0 aromatic carbocycles. The van der Waals surface area contributed by atoms with E-state index in [9.17, 15) is 0 Å². The average molecular weight is 175 g/mol. The van der Waals surface area contributed by atoms with Gasteiger partial charge in [-0.1, -0.05) is 24.3 Å². The molecule has 0 aromatic heterocycles. The van der Waals surface area contributed by atoms with Crippen LogP contribution in [0.1, 0.15) is 13.8 Å². The Kier molecular flexibility index (Phi) is 112. The van der Waals surface area contributed by atoms with Crippen LogP contribution < -0.4 is 0 Å². The van der Waals surface area contributed by atoms with Crippen molar-refractivity contribution in [2.45, 2.75) is 13.8 Å². The van der Waals surface area contributed by atoms with Crippen LogP contribution in [0, 0.1) is 22.3 Å². The van der Waals surface area contributed by atoms with E-state index in [0.29, 0.717) is 0 Å². The molecule has 0 saturated carbocycles. The van der Waals surface area contributed by atoms with Crippen molar-refractivity contribution >= 4 is 0 Å². The van der Waals surface area contributed by atoms with E-state index in [1.165, 1.54) is 0 Å². The summed E-state index contributed by atoms with van der Waals surface area (Å²) in [6.45, 7) is 4.00. The molecule has 0 aliphatic carbocycles. The zero-order valence-corrected chi connectivity index (χ0v) is 9.37. The summed E-state index contributed by atoms with van der Waals surface area (Å²) in [4.78, 5) is 0. The van der Waals surface area contributed by atoms with Crippen LogP contribution in [0.3, 0.4) is 0 Å². The van der Waals surface area contributed by atoms with Crippen LogP contribution in [0.4, 0.5) is 0 Å². The van der Waals surface area contributed by atoms with Gasteiger partial charge in [0.1, 0.15) is 0 Å². The Morgan fingerprint density at radius 1 is 0.700 bits per heavy atom. The molecular weight excluding hydrogens is 156 g/mol. The molecule has 0 bridgehead atoms. The van der Waals surface area contributed by atoms with Crippen molar-refractivity contribution in [3.8, 4) is 0 Å². The minimum atomic E-state index is 0. The molecule has 0 unspecified atom stereocenters. The van der Waals surface area contributed by atoms with E-state index < -0.39 is 0 Å². The Bertz CT molecular complexity index is 53.1. The van der Waals surface area contributed by atoms with Crippen LogP contribution in [0.15, 0.2) is 24.3 Å². The first-order valence-corrected chi connectivity index (χ1v) is 2.15. The molecule has 10 heavy (non-hydrogen) atoms. The van der Waals surface area contributed by atoms with Crippen LogP contribution >= 0.6 is 0 Å². The van der Waals surface area contributed by atoms with Crippen LogP contribution in [0.25, 0.3) is 0 Å². The van der Waals surface area contributed by atoms with Gasteiger partial charge in [0.2, 0.25) is 0 Å². The summed E-state index contributed by atoms with van der Waals surface area (Å²) in [5.74, 6) is 0. The summed E-state index contributed by atoms with van der Waals surface area (Å²) in [6, 6.07) is 0. The van der Waals surface area contributed by atoms with Gasteiger partial charge in [0.25, 0.3) is 0 Å². The second-order valence-electron chi connectivity index (χ2n) is 1.05. The van der Waals surface area contributed by atoms with Gasteiger partial charge < -0.3 is 22.3 Å². The topological polar surface area (TPSA) is 0 Å². The Labute approximate surface area is 82.3 Å². The van der Waals surface area contributed by atoms with Crippen molar-refractivity contribution in [1.29, 1.82) is 0 Å². The van der Waals surface area contributed by atoms with E-state index in [1.54, 1.807) is 0 Å². The van der Waals surface area contributed by atoms with Gasteiger partial charge in [-0.25, -0.2) is 0 Å². The molecular formula is C9H19Ti. The van der Waals surface area contributed by atoms with Crippen molar-refractivity contribution in [3.63, 3.8) is 0 Å². The first-order valence-electron chi connectivity index (χ1n) is 2.15. The van der Waals surface area contributed by atoms with Crippen LogP contribution in [0.2, 0.25) is 0 Å². The van der Waals surface area contributed by atoms with Gasteiger partial charge in [0.15, 0.2) is 0 Å². The molecule has 0 aliphatic heterocycles. The molecule has 0 atom stereocenters. The molecule has 0 saturated heterocycles. The Balaban J connectivity index is -0.0000000208. The maximum Gasteiger partial charge on any atom is 3.00 e. The van der Waals surface area contributed by atoms with E-state index >= 15 is 0 Å². The maximum atomic E-state index is 2.00. The SMILES string of the molecule is CC=CC=CC.[CH3-].[CH3-].[CH3-].[Ti+3]. The van der Waals surface area contributed by atoms with Crippen molar-refractivity contribution in [2.24, 2.45) is 0 Å². The van der Waals surface area contributed by atoms with E-state index in [-0.39, 0.29) is 44.0 Å². The normalized spacial score (nSPS) is 7.00. The van der Waals surface area contributed by atoms with Gasteiger partial charge in [-0.3, -0.25) is 0 Å². The van der Waals surface area contributed by atoms with Crippen molar-refractivity contribution in [2.75, 3.05) is 0 Å². The molecule has 0 spiro atoms. The Hall–Kier alpha value is 0.194. The summed E-state index contributed by atoms with van der Waals surface area (Å²) in [5, 5.41) is 0. The summed E-state index contributed by atoms with van der Waals surface area (Å²) in [7, 11) is 0. The second kappa shape index (κ2) is 35.1. The van der Waals surface area contributed by atoms with E-state index in [4.69, 9.17) is 0 Å². The van der Waals surface area contributed by atoms with E-state index in [2.05, 4.69) is 0 Å². The standard InChI is InChI=1S/C6H10.3CH3.Ti/c1-3-5-6-4-2;;;;/h3-6H,1-2H3;3*1H3;/q;3*-1;+3. The molecule has 59 valence electrons. The molecule has 0 amide bonds. The minimum absolute atomic E-state index is 0. The zero-order chi connectivity index (χ0) is 4.83. The molecule has 0 N–H and O–H groups in total. The van der Waals surface area contributed by atoms with Crippen LogP contribution in [0.5, 0.6) is 0 Å². The third-order valence-electron chi connectivity index (χ3n) is 0.496. The Morgan fingerprint density at radius 3 is 1.00 bits per heavy atom. The Morgan fingerprint density at radius 2 is 0.900 bits per heavy atom. The summed E-state index contributed by atoms with van der Waals surface area (Å²) in [5.41, 5.74) is 0. The largest absolute Gasteiger partial charge is 3.00 e. The zero-order valence-electron chi connectivity index (χ0n) is 7.81. The first-order chi connectivity index (χ1) is 2.91. The first kappa shape index (κ1) is 31.9. The van der Waals surface area contributed by atoms with Gasteiger partial charge in [-0.2, -0.15) is 0 Å². The third-order valence-corrected chi connectivity index (χ3v) is 0.496. The number of allylic oxidation sites excluding steroid dienone is 4. The fourth-order valence-electron chi connectivity index (χ4n) is 0.222. The maximum absolute atomic E-state index is 2.00. The smallest absolute Gasteiger partial charge is 0.358 e. The molecule has 1 heteroatoms. The van der Waals surface area contributed by atoms with Crippen LogP contribution in [-0.4, -0.2) is 0 Å².